The summed E-state index contributed by atoms with van der Waals surface area (Å²) in [7, 11) is 1.76. The smallest absolute Gasteiger partial charge is 0.219 e. The molecule has 2 aromatic rings. The van der Waals surface area contributed by atoms with Crippen LogP contribution in [-0.4, -0.2) is 44.4 Å². The first-order valence-electron chi connectivity index (χ1n) is 10.6. The van der Waals surface area contributed by atoms with Gasteiger partial charge in [0.25, 0.3) is 0 Å². The molecule has 7 heteroatoms. The fourth-order valence-corrected chi connectivity index (χ4v) is 2.63. The largest absolute Gasteiger partial charge is 0.490 e. The summed E-state index contributed by atoms with van der Waals surface area (Å²) in [4.78, 5) is 8.64. The lowest BCUT2D eigenvalue weighted by molar-refractivity contribution is 0.129. The highest BCUT2D eigenvalue weighted by atomic mass is 16.5. The topological polar surface area (TPSA) is 77.0 Å². The van der Waals surface area contributed by atoms with E-state index < -0.39 is 0 Å². The molecule has 0 amide bonds. The molecule has 2 N–H and O–H groups in total. The number of nitrogens with zero attached hydrogens (tertiary/aromatic N) is 2. The molecule has 0 aliphatic heterocycles. The molecule has 0 spiro atoms. The van der Waals surface area contributed by atoms with E-state index in [0.717, 1.165) is 50.5 Å². The second-order valence-corrected chi connectivity index (χ2v) is 6.66. The first kappa shape index (κ1) is 23.5. The SMILES string of the molecule is CCCCOCCCNC(=NC)NCc1ccc(Oc2ccccc2OCC)nc1. The van der Waals surface area contributed by atoms with E-state index in [-0.39, 0.29) is 0 Å². The van der Waals surface area contributed by atoms with E-state index in [2.05, 4.69) is 27.5 Å². The summed E-state index contributed by atoms with van der Waals surface area (Å²) < 4.78 is 17.0. The lowest BCUT2D eigenvalue weighted by Crippen LogP contribution is -2.37. The molecule has 0 unspecified atom stereocenters. The minimum Gasteiger partial charge on any atom is -0.490 e. The maximum absolute atomic E-state index is 5.86. The zero-order chi connectivity index (χ0) is 21.4. The Balaban J connectivity index is 1.74. The standard InChI is InChI=1S/C23H34N4O3/c1-4-6-15-28-16-9-14-25-23(24-3)27-18-19-12-13-22(26-17-19)30-21-11-8-7-10-20(21)29-5-2/h7-8,10-13,17H,4-6,9,14-16,18H2,1-3H3,(H2,24,25,27). The van der Waals surface area contributed by atoms with Gasteiger partial charge in [-0.25, -0.2) is 4.98 Å². The molecule has 30 heavy (non-hydrogen) atoms. The summed E-state index contributed by atoms with van der Waals surface area (Å²) in [6.45, 7) is 7.74. The number of hydrogen-bond donors (Lipinski definition) is 2. The predicted octanol–water partition coefficient (Wildman–Crippen LogP) is 4.14. The van der Waals surface area contributed by atoms with Crippen molar-refractivity contribution in [2.45, 2.75) is 39.7 Å². The van der Waals surface area contributed by atoms with Gasteiger partial charge in [-0.2, -0.15) is 0 Å². The molecule has 0 saturated carbocycles. The fraction of sp³-hybridized carbons (Fsp3) is 0.478. The molecular weight excluding hydrogens is 380 g/mol. The lowest BCUT2D eigenvalue weighted by Gasteiger charge is -2.13. The highest BCUT2D eigenvalue weighted by molar-refractivity contribution is 5.79. The quantitative estimate of drug-likeness (QED) is 0.291. The second-order valence-electron chi connectivity index (χ2n) is 6.66. The van der Waals surface area contributed by atoms with Crippen molar-refractivity contribution in [2.24, 2.45) is 4.99 Å². The summed E-state index contributed by atoms with van der Waals surface area (Å²) in [6.07, 6.45) is 5.02. The molecule has 1 heterocycles. The molecule has 0 radical (unpaired) electrons. The van der Waals surface area contributed by atoms with Gasteiger partial charge in [-0.1, -0.05) is 31.5 Å². The molecule has 164 valence electrons. The third-order valence-corrected chi connectivity index (χ3v) is 4.24. The van der Waals surface area contributed by atoms with Crippen molar-refractivity contribution in [3.63, 3.8) is 0 Å². The Morgan fingerprint density at radius 2 is 1.80 bits per heavy atom. The summed E-state index contributed by atoms with van der Waals surface area (Å²) >= 11 is 0. The number of ether oxygens (including phenoxy) is 3. The van der Waals surface area contributed by atoms with Crippen molar-refractivity contribution < 1.29 is 14.2 Å². The van der Waals surface area contributed by atoms with E-state index in [1.165, 1.54) is 0 Å². The Bertz CT molecular complexity index is 750. The number of nitrogens with one attached hydrogen (secondary N) is 2. The molecule has 1 aromatic heterocycles. The van der Waals surface area contributed by atoms with Crippen molar-refractivity contribution in [2.75, 3.05) is 33.4 Å². The first-order valence-corrected chi connectivity index (χ1v) is 10.6. The molecule has 0 fully saturated rings. The maximum atomic E-state index is 5.86. The minimum absolute atomic E-state index is 0.525. The molecular formula is C23H34N4O3. The number of unbranched alkanes of at least 4 members (excludes halogenated alkanes) is 1. The number of aromatic nitrogens is 1. The third-order valence-electron chi connectivity index (χ3n) is 4.24. The normalized spacial score (nSPS) is 11.2. The fourth-order valence-electron chi connectivity index (χ4n) is 2.63. The van der Waals surface area contributed by atoms with Gasteiger partial charge in [0.2, 0.25) is 5.88 Å². The average molecular weight is 415 g/mol. The molecule has 0 bridgehead atoms. The van der Waals surface area contributed by atoms with E-state index >= 15 is 0 Å². The van der Waals surface area contributed by atoms with Crippen LogP contribution in [-0.2, 0) is 11.3 Å². The number of para-hydroxylation sites is 2. The van der Waals surface area contributed by atoms with Crippen LogP contribution in [0.4, 0.5) is 0 Å². The first-order chi connectivity index (χ1) is 14.8. The number of pyridine rings is 1. The Morgan fingerprint density at radius 1 is 1.00 bits per heavy atom. The number of aliphatic imine (C=N–C) groups is 1. The van der Waals surface area contributed by atoms with E-state index in [0.29, 0.717) is 30.5 Å². The highest BCUT2D eigenvalue weighted by Gasteiger charge is 2.06. The Labute approximate surface area is 179 Å². The van der Waals surface area contributed by atoms with Crippen LogP contribution >= 0.6 is 0 Å². The van der Waals surface area contributed by atoms with E-state index in [1.807, 2.05) is 43.3 Å². The number of rotatable bonds is 13. The van der Waals surface area contributed by atoms with Crippen LogP contribution in [0.3, 0.4) is 0 Å². The van der Waals surface area contributed by atoms with Gasteiger partial charge in [-0.3, -0.25) is 4.99 Å². The molecule has 0 aliphatic rings. The van der Waals surface area contributed by atoms with Crippen LogP contribution in [0.1, 0.15) is 38.7 Å². The van der Waals surface area contributed by atoms with Crippen molar-refractivity contribution in [1.29, 1.82) is 0 Å². The summed E-state index contributed by atoms with van der Waals surface area (Å²) in [5.41, 5.74) is 1.03. The van der Waals surface area contributed by atoms with Gasteiger partial charge < -0.3 is 24.8 Å². The van der Waals surface area contributed by atoms with Crippen LogP contribution in [0.15, 0.2) is 47.6 Å². The Morgan fingerprint density at radius 3 is 2.50 bits per heavy atom. The van der Waals surface area contributed by atoms with Gasteiger partial charge in [0, 0.05) is 45.6 Å². The van der Waals surface area contributed by atoms with Gasteiger partial charge in [-0.05, 0) is 37.5 Å². The number of benzene rings is 1. The molecule has 0 atom stereocenters. The van der Waals surface area contributed by atoms with Crippen molar-refractivity contribution in [1.82, 2.24) is 15.6 Å². The van der Waals surface area contributed by atoms with Crippen molar-refractivity contribution in [3.05, 3.63) is 48.2 Å². The van der Waals surface area contributed by atoms with Crippen LogP contribution < -0.4 is 20.1 Å². The summed E-state index contributed by atoms with van der Waals surface area (Å²) in [5, 5.41) is 6.58. The van der Waals surface area contributed by atoms with Gasteiger partial charge in [0.05, 0.1) is 6.61 Å². The zero-order valence-corrected chi connectivity index (χ0v) is 18.3. The molecule has 0 saturated heterocycles. The van der Waals surface area contributed by atoms with Gasteiger partial charge in [-0.15, -0.1) is 0 Å². The monoisotopic (exact) mass is 414 g/mol. The molecule has 7 nitrogen and oxygen atoms in total. The van der Waals surface area contributed by atoms with E-state index in [1.54, 1.807) is 13.2 Å². The van der Waals surface area contributed by atoms with Crippen LogP contribution in [0.2, 0.25) is 0 Å². The Kier molecular flexibility index (Phi) is 11.1. The lowest BCUT2D eigenvalue weighted by atomic mass is 10.3. The zero-order valence-electron chi connectivity index (χ0n) is 18.3. The maximum Gasteiger partial charge on any atom is 0.219 e. The number of hydrogen-bond acceptors (Lipinski definition) is 5. The molecule has 0 aliphatic carbocycles. The molecule has 2 rings (SSSR count). The molecule has 1 aromatic carbocycles. The summed E-state index contributed by atoms with van der Waals surface area (Å²) in [6, 6.07) is 11.4. The number of guanidine groups is 1. The van der Waals surface area contributed by atoms with Gasteiger partial charge in [0.1, 0.15) is 0 Å². The van der Waals surface area contributed by atoms with Gasteiger partial charge in [0.15, 0.2) is 17.5 Å². The average Bonchev–Trinajstić information content (AvgIpc) is 2.78. The van der Waals surface area contributed by atoms with Gasteiger partial charge >= 0.3 is 0 Å². The van der Waals surface area contributed by atoms with E-state index in [4.69, 9.17) is 14.2 Å². The van der Waals surface area contributed by atoms with E-state index in [9.17, 15) is 0 Å². The van der Waals surface area contributed by atoms with Crippen LogP contribution in [0.5, 0.6) is 17.4 Å². The summed E-state index contributed by atoms with van der Waals surface area (Å²) in [5.74, 6) is 2.64. The van der Waals surface area contributed by atoms with Crippen LogP contribution in [0, 0.1) is 0 Å². The highest BCUT2D eigenvalue weighted by Crippen LogP contribution is 2.30. The third kappa shape index (κ3) is 8.69. The second kappa shape index (κ2) is 14.2. The van der Waals surface area contributed by atoms with Crippen molar-refractivity contribution in [3.8, 4) is 17.4 Å². The van der Waals surface area contributed by atoms with Crippen LogP contribution in [0.25, 0.3) is 0 Å². The predicted molar refractivity (Wildman–Crippen MR) is 120 cm³/mol. The minimum atomic E-state index is 0.525. The Hall–Kier alpha value is -2.80. The van der Waals surface area contributed by atoms with Crippen molar-refractivity contribution >= 4 is 5.96 Å².